The first-order chi connectivity index (χ1) is 13.5. The maximum atomic E-state index is 12.8. The van der Waals surface area contributed by atoms with Crippen molar-refractivity contribution < 1.29 is 9.59 Å². The van der Waals surface area contributed by atoms with Gasteiger partial charge in [-0.05, 0) is 35.2 Å². The normalized spacial score (nSPS) is 16.7. The molecule has 2 amide bonds. The number of amides is 2. The van der Waals surface area contributed by atoms with Crippen molar-refractivity contribution in [2.45, 2.75) is 25.8 Å². The van der Waals surface area contributed by atoms with Gasteiger partial charge in [-0.2, -0.15) is 0 Å². The van der Waals surface area contributed by atoms with Crippen LogP contribution in [0.25, 0.3) is 11.1 Å². The maximum absolute atomic E-state index is 12.8. The van der Waals surface area contributed by atoms with Gasteiger partial charge >= 0.3 is 0 Å². The van der Waals surface area contributed by atoms with E-state index >= 15 is 0 Å². The summed E-state index contributed by atoms with van der Waals surface area (Å²) in [6.45, 7) is 4.52. The Kier molecular flexibility index (Phi) is 6.47. The van der Waals surface area contributed by atoms with Crippen molar-refractivity contribution >= 4 is 11.8 Å². The van der Waals surface area contributed by atoms with Crippen molar-refractivity contribution in [3.63, 3.8) is 0 Å². The first-order valence-electron chi connectivity index (χ1n) is 9.90. The van der Waals surface area contributed by atoms with E-state index in [0.29, 0.717) is 12.5 Å². The molecule has 5 nitrogen and oxygen atoms in total. The summed E-state index contributed by atoms with van der Waals surface area (Å²) < 4.78 is 0. The zero-order chi connectivity index (χ0) is 20.1. The molecule has 148 valence electrons. The number of hydrogen-bond donors (Lipinski definition) is 1. The van der Waals surface area contributed by atoms with Crippen LogP contribution in [0.15, 0.2) is 48.5 Å². The highest BCUT2D eigenvalue weighted by Gasteiger charge is 2.22. The molecule has 0 spiro atoms. The van der Waals surface area contributed by atoms with Crippen molar-refractivity contribution in [3.05, 3.63) is 59.7 Å². The topological polar surface area (TPSA) is 52.7 Å². The van der Waals surface area contributed by atoms with Crippen LogP contribution in [0.2, 0.25) is 0 Å². The number of nitrogens with zero attached hydrogens (tertiary/aromatic N) is 2. The zero-order valence-electron chi connectivity index (χ0n) is 16.9. The van der Waals surface area contributed by atoms with Crippen molar-refractivity contribution in [2.75, 3.05) is 33.7 Å². The second-order valence-corrected chi connectivity index (χ2v) is 7.55. The number of hydrogen-bond acceptors (Lipinski definition) is 3. The summed E-state index contributed by atoms with van der Waals surface area (Å²) in [4.78, 5) is 28.1. The van der Waals surface area contributed by atoms with Crippen molar-refractivity contribution in [1.29, 1.82) is 0 Å². The summed E-state index contributed by atoms with van der Waals surface area (Å²) in [5, 5.41) is 3.44. The van der Waals surface area contributed by atoms with E-state index in [9.17, 15) is 9.59 Å². The average Bonchev–Trinajstić information content (AvgIpc) is 2.74. The van der Waals surface area contributed by atoms with E-state index in [2.05, 4.69) is 12.2 Å². The van der Waals surface area contributed by atoms with Crippen LogP contribution >= 0.6 is 0 Å². The van der Waals surface area contributed by atoms with Gasteiger partial charge < -0.3 is 15.1 Å². The fourth-order valence-corrected chi connectivity index (χ4v) is 3.42. The molecule has 0 aromatic heterocycles. The largest absolute Gasteiger partial charge is 0.349 e. The number of rotatable bonds is 5. The lowest BCUT2D eigenvalue weighted by atomic mass is 10.0. The monoisotopic (exact) mass is 379 g/mol. The van der Waals surface area contributed by atoms with Gasteiger partial charge in [0.1, 0.15) is 0 Å². The quantitative estimate of drug-likeness (QED) is 0.869. The lowest BCUT2D eigenvalue weighted by molar-refractivity contribution is -0.127. The van der Waals surface area contributed by atoms with E-state index in [0.717, 1.165) is 48.3 Å². The highest BCUT2D eigenvalue weighted by Crippen LogP contribution is 2.21. The molecule has 0 bridgehead atoms. The third kappa shape index (κ3) is 4.78. The van der Waals surface area contributed by atoms with E-state index in [-0.39, 0.29) is 11.8 Å². The Balaban J connectivity index is 1.67. The Morgan fingerprint density at radius 1 is 1.04 bits per heavy atom. The summed E-state index contributed by atoms with van der Waals surface area (Å²) in [5.74, 6) is 0.192. The van der Waals surface area contributed by atoms with Crippen LogP contribution in [-0.4, -0.2) is 61.4 Å². The molecule has 1 N–H and O–H groups in total. The van der Waals surface area contributed by atoms with E-state index in [1.165, 1.54) is 0 Å². The highest BCUT2D eigenvalue weighted by atomic mass is 16.2. The smallest absolute Gasteiger partial charge is 0.253 e. The van der Waals surface area contributed by atoms with Gasteiger partial charge in [-0.15, -0.1) is 0 Å². The van der Waals surface area contributed by atoms with Crippen LogP contribution in [0.4, 0.5) is 0 Å². The lowest BCUT2D eigenvalue weighted by Gasteiger charge is -2.33. The minimum absolute atomic E-state index is 0.0915. The fraction of sp³-hybridized carbons (Fsp3) is 0.391. The average molecular weight is 380 g/mol. The van der Waals surface area contributed by atoms with E-state index in [1.807, 2.05) is 53.4 Å². The second kappa shape index (κ2) is 9.02. The van der Waals surface area contributed by atoms with Crippen molar-refractivity contribution in [1.82, 2.24) is 15.1 Å². The summed E-state index contributed by atoms with van der Waals surface area (Å²) in [6.07, 6.45) is 1.43. The predicted octanol–water partition coefficient (Wildman–Crippen LogP) is 2.81. The summed E-state index contributed by atoms with van der Waals surface area (Å²) in [5.41, 5.74) is 3.87. The molecule has 1 unspecified atom stereocenters. The minimum atomic E-state index is 0.0915. The van der Waals surface area contributed by atoms with Crippen molar-refractivity contribution in [2.24, 2.45) is 0 Å². The molecular formula is C23H29N3O2. The number of benzene rings is 2. The Morgan fingerprint density at radius 2 is 1.64 bits per heavy atom. The number of likely N-dealkylation sites (N-methyl/N-ethyl adjacent to an activating group) is 1. The third-order valence-corrected chi connectivity index (χ3v) is 5.31. The molecule has 0 radical (unpaired) electrons. The van der Waals surface area contributed by atoms with Gasteiger partial charge in [0.2, 0.25) is 5.91 Å². The molecular weight excluding hydrogens is 350 g/mol. The van der Waals surface area contributed by atoms with Gasteiger partial charge in [0.05, 0.1) is 6.42 Å². The standard InChI is InChI=1S/C23H29N3O2/c1-4-21-16-26(14-13-24-21)23(28)20-11-9-19(10-12-20)18-7-5-17(6-8-18)15-22(27)25(2)3/h5-12,21,24H,4,13-16H2,1-3H3. The molecule has 1 aliphatic heterocycles. The molecule has 2 aromatic carbocycles. The Labute approximate surface area is 167 Å². The first-order valence-corrected chi connectivity index (χ1v) is 9.90. The molecule has 1 fully saturated rings. The number of carbonyl (C=O) groups excluding carboxylic acids is 2. The van der Waals surface area contributed by atoms with Crippen LogP contribution in [-0.2, 0) is 11.2 Å². The highest BCUT2D eigenvalue weighted by molar-refractivity contribution is 5.94. The van der Waals surface area contributed by atoms with E-state index in [1.54, 1.807) is 19.0 Å². The van der Waals surface area contributed by atoms with E-state index in [4.69, 9.17) is 0 Å². The molecule has 1 saturated heterocycles. The molecule has 5 heteroatoms. The van der Waals surface area contributed by atoms with Crippen LogP contribution < -0.4 is 5.32 Å². The number of piperazine rings is 1. The SMILES string of the molecule is CCC1CN(C(=O)c2ccc(-c3ccc(CC(=O)N(C)C)cc3)cc2)CCN1. The van der Waals surface area contributed by atoms with Crippen LogP contribution in [0.3, 0.4) is 0 Å². The molecule has 1 aliphatic rings. The molecule has 28 heavy (non-hydrogen) atoms. The lowest BCUT2D eigenvalue weighted by Crippen LogP contribution is -2.52. The number of carbonyl (C=O) groups is 2. The predicted molar refractivity (Wildman–Crippen MR) is 112 cm³/mol. The number of nitrogens with one attached hydrogen (secondary N) is 1. The van der Waals surface area contributed by atoms with E-state index < -0.39 is 0 Å². The van der Waals surface area contributed by atoms with Gasteiger partial charge in [0.15, 0.2) is 0 Å². The summed E-state index contributed by atoms with van der Waals surface area (Å²) >= 11 is 0. The Morgan fingerprint density at radius 3 is 2.21 bits per heavy atom. The fourth-order valence-electron chi connectivity index (χ4n) is 3.42. The van der Waals surface area contributed by atoms with Crippen LogP contribution in [0, 0.1) is 0 Å². The molecule has 1 heterocycles. The first kappa shape index (κ1) is 20.1. The molecule has 3 rings (SSSR count). The van der Waals surface area contributed by atoms with Crippen molar-refractivity contribution in [3.8, 4) is 11.1 Å². The third-order valence-electron chi connectivity index (χ3n) is 5.31. The van der Waals surface area contributed by atoms with Gasteiger partial charge in [-0.1, -0.05) is 43.3 Å². The minimum Gasteiger partial charge on any atom is -0.349 e. The molecule has 2 aromatic rings. The molecule has 1 atom stereocenters. The Bertz CT molecular complexity index is 813. The van der Waals surface area contributed by atoms with Crippen LogP contribution in [0.5, 0.6) is 0 Å². The maximum Gasteiger partial charge on any atom is 0.253 e. The van der Waals surface area contributed by atoms with Crippen LogP contribution in [0.1, 0.15) is 29.3 Å². The zero-order valence-corrected chi connectivity index (χ0v) is 16.9. The van der Waals surface area contributed by atoms with Gasteiger partial charge in [0.25, 0.3) is 5.91 Å². The molecule has 0 aliphatic carbocycles. The summed E-state index contributed by atoms with van der Waals surface area (Å²) in [7, 11) is 3.53. The second-order valence-electron chi connectivity index (χ2n) is 7.55. The molecule has 0 saturated carbocycles. The van der Waals surface area contributed by atoms with Gasteiger partial charge in [-0.3, -0.25) is 9.59 Å². The van der Waals surface area contributed by atoms with Gasteiger partial charge in [-0.25, -0.2) is 0 Å². The van der Waals surface area contributed by atoms with Gasteiger partial charge in [0, 0.05) is 45.3 Å². The summed E-state index contributed by atoms with van der Waals surface area (Å²) in [6, 6.07) is 16.2. The Hall–Kier alpha value is -2.66.